The number of carbonyl (C=O) groups excluding carboxylic acids is 1. The Morgan fingerprint density at radius 1 is 1.04 bits per heavy atom. The third-order valence-corrected chi connectivity index (χ3v) is 5.20. The number of thiazole rings is 1. The number of nitrogen functional groups attached to an aromatic ring is 1. The van der Waals surface area contributed by atoms with Gasteiger partial charge < -0.3 is 11.1 Å². The molecule has 0 fully saturated rings. The molecular formula is C20H21N3OS. The Hall–Kier alpha value is -2.66. The summed E-state index contributed by atoms with van der Waals surface area (Å²) in [5, 5.41) is 3.94. The fourth-order valence-corrected chi connectivity index (χ4v) is 3.61. The number of aryl methyl sites for hydroxylation is 4. The largest absolute Gasteiger partial charge is 0.382 e. The van der Waals surface area contributed by atoms with Crippen molar-refractivity contribution in [1.29, 1.82) is 0 Å². The second-order valence-corrected chi connectivity index (χ2v) is 7.27. The first-order chi connectivity index (χ1) is 11.9. The monoisotopic (exact) mass is 351 g/mol. The van der Waals surface area contributed by atoms with Gasteiger partial charge in [-0.2, -0.15) is 0 Å². The smallest absolute Gasteiger partial charge is 0.207 e. The molecule has 3 rings (SSSR count). The van der Waals surface area contributed by atoms with Crippen LogP contribution >= 0.6 is 11.3 Å². The van der Waals surface area contributed by atoms with E-state index >= 15 is 0 Å². The van der Waals surface area contributed by atoms with Crippen LogP contribution in [0.25, 0.3) is 0 Å². The van der Waals surface area contributed by atoms with Crippen molar-refractivity contribution >= 4 is 33.8 Å². The van der Waals surface area contributed by atoms with E-state index in [0.717, 1.165) is 27.9 Å². The third kappa shape index (κ3) is 3.42. The number of nitrogens with zero attached hydrogens (tertiary/aromatic N) is 1. The summed E-state index contributed by atoms with van der Waals surface area (Å²) in [7, 11) is 0. The quantitative estimate of drug-likeness (QED) is 0.654. The van der Waals surface area contributed by atoms with Crippen LogP contribution in [0, 0.1) is 27.7 Å². The van der Waals surface area contributed by atoms with E-state index in [1.54, 1.807) is 0 Å². The van der Waals surface area contributed by atoms with Crippen LogP contribution in [-0.4, -0.2) is 10.8 Å². The van der Waals surface area contributed by atoms with Gasteiger partial charge in [0.2, 0.25) is 5.78 Å². The van der Waals surface area contributed by atoms with Crippen LogP contribution in [0.2, 0.25) is 0 Å². The fraction of sp³-hybridized carbons (Fsp3) is 0.200. The van der Waals surface area contributed by atoms with E-state index in [1.165, 1.54) is 11.3 Å². The van der Waals surface area contributed by atoms with E-state index in [1.807, 2.05) is 64.1 Å². The Balaban J connectivity index is 1.95. The number of nitrogens with one attached hydrogen (secondary N) is 1. The molecule has 128 valence electrons. The molecule has 0 aliphatic heterocycles. The lowest BCUT2D eigenvalue weighted by atomic mass is 10.0. The number of ketones is 1. The molecule has 0 saturated heterocycles. The molecule has 0 aliphatic rings. The predicted molar refractivity (Wildman–Crippen MR) is 105 cm³/mol. The molecule has 0 radical (unpaired) electrons. The minimum Gasteiger partial charge on any atom is -0.382 e. The number of carbonyl (C=O) groups is 1. The van der Waals surface area contributed by atoms with Crippen LogP contribution in [0.15, 0.2) is 36.4 Å². The summed E-state index contributed by atoms with van der Waals surface area (Å²) >= 11 is 1.29. The molecule has 0 bridgehead atoms. The van der Waals surface area contributed by atoms with Crippen LogP contribution in [0.3, 0.4) is 0 Å². The highest BCUT2D eigenvalue weighted by Crippen LogP contribution is 2.32. The van der Waals surface area contributed by atoms with Crippen molar-refractivity contribution < 1.29 is 4.79 Å². The van der Waals surface area contributed by atoms with E-state index in [9.17, 15) is 4.79 Å². The maximum Gasteiger partial charge on any atom is 0.207 e. The zero-order valence-corrected chi connectivity index (χ0v) is 15.6. The Labute approximate surface area is 151 Å². The summed E-state index contributed by atoms with van der Waals surface area (Å²) in [6.45, 7) is 7.98. The summed E-state index contributed by atoms with van der Waals surface area (Å²) in [6.07, 6.45) is 0. The lowest BCUT2D eigenvalue weighted by Gasteiger charge is -2.09. The molecule has 0 atom stereocenters. The Morgan fingerprint density at radius 2 is 1.72 bits per heavy atom. The predicted octanol–water partition coefficient (Wildman–Crippen LogP) is 4.93. The lowest BCUT2D eigenvalue weighted by Crippen LogP contribution is -2.05. The number of anilines is 3. The average molecular weight is 351 g/mol. The SMILES string of the molecule is Cc1ccc(C)c(C(=O)c2sc(Nc3c(C)cccc3C)nc2N)c1. The van der Waals surface area contributed by atoms with Gasteiger partial charge in [-0.05, 0) is 50.5 Å². The van der Waals surface area contributed by atoms with Gasteiger partial charge in [-0.25, -0.2) is 4.98 Å². The highest BCUT2D eigenvalue weighted by Gasteiger charge is 2.20. The first-order valence-electron chi connectivity index (χ1n) is 8.08. The molecule has 5 heteroatoms. The molecule has 1 aromatic heterocycles. The summed E-state index contributed by atoms with van der Waals surface area (Å²) < 4.78 is 0. The highest BCUT2D eigenvalue weighted by molar-refractivity contribution is 7.18. The van der Waals surface area contributed by atoms with Gasteiger partial charge in [0.1, 0.15) is 10.7 Å². The Morgan fingerprint density at radius 3 is 2.40 bits per heavy atom. The van der Waals surface area contributed by atoms with Crippen molar-refractivity contribution in [2.24, 2.45) is 0 Å². The van der Waals surface area contributed by atoms with Crippen molar-refractivity contribution in [3.8, 4) is 0 Å². The van der Waals surface area contributed by atoms with Crippen molar-refractivity contribution in [3.05, 3.63) is 69.1 Å². The number of aromatic nitrogens is 1. The van der Waals surface area contributed by atoms with Gasteiger partial charge in [-0.15, -0.1) is 0 Å². The number of rotatable bonds is 4. The zero-order chi connectivity index (χ0) is 18.1. The topological polar surface area (TPSA) is 68.0 Å². The molecule has 0 amide bonds. The molecular weight excluding hydrogens is 330 g/mol. The van der Waals surface area contributed by atoms with Crippen LogP contribution in [0.1, 0.15) is 37.5 Å². The number of hydrogen-bond acceptors (Lipinski definition) is 5. The minimum atomic E-state index is -0.0780. The standard InChI is InChI=1S/C20H21N3OS/c1-11-8-9-12(2)15(10-11)17(24)18-19(21)23-20(25-18)22-16-13(3)6-5-7-14(16)4/h5-10H,21H2,1-4H3,(H,22,23). The summed E-state index contributed by atoms with van der Waals surface area (Å²) in [4.78, 5) is 17.7. The van der Waals surface area contributed by atoms with Crippen LogP contribution in [0.5, 0.6) is 0 Å². The molecule has 4 nitrogen and oxygen atoms in total. The molecule has 3 aromatic rings. The molecule has 0 spiro atoms. The van der Waals surface area contributed by atoms with Crippen LogP contribution < -0.4 is 11.1 Å². The molecule has 25 heavy (non-hydrogen) atoms. The van der Waals surface area contributed by atoms with Gasteiger partial charge in [0.15, 0.2) is 5.13 Å². The van der Waals surface area contributed by atoms with E-state index in [2.05, 4.69) is 10.3 Å². The summed E-state index contributed by atoms with van der Waals surface area (Å²) in [5.41, 5.74) is 11.9. The van der Waals surface area contributed by atoms with Gasteiger partial charge in [-0.3, -0.25) is 4.79 Å². The van der Waals surface area contributed by atoms with E-state index in [0.29, 0.717) is 15.6 Å². The maximum atomic E-state index is 12.9. The van der Waals surface area contributed by atoms with Gasteiger partial charge in [0.25, 0.3) is 0 Å². The molecule has 2 aromatic carbocycles. The van der Waals surface area contributed by atoms with Crippen molar-refractivity contribution in [2.45, 2.75) is 27.7 Å². The second kappa shape index (κ2) is 6.69. The van der Waals surface area contributed by atoms with Crippen molar-refractivity contribution in [3.63, 3.8) is 0 Å². The first-order valence-corrected chi connectivity index (χ1v) is 8.90. The van der Waals surface area contributed by atoms with E-state index in [-0.39, 0.29) is 11.6 Å². The van der Waals surface area contributed by atoms with Crippen molar-refractivity contribution in [1.82, 2.24) is 4.98 Å². The molecule has 0 saturated carbocycles. The van der Waals surface area contributed by atoms with E-state index in [4.69, 9.17) is 5.73 Å². The molecule has 3 N–H and O–H groups in total. The van der Waals surface area contributed by atoms with Crippen LogP contribution in [-0.2, 0) is 0 Å². The van der Waals surface area contributed by atoms with Gasteiger partial charge >= 0.3 is 0 Å². The number of para-hydroxylation sites is 1. The van der Waals surface area contributed by atoms with Crippen LogP contribution in [0.4, 0.5) is 16.6 Å². The Bertz CT molecular complexity index is 939. The first kappa shape index (κ1) is 17.2. The van der Waals surface area contributed by atoms with Gasteiger partial charge in [0, 0.05) is 11.3 Å². The van der Waals surface area contributed by atoms with E-state index < -0.39 is 0 Å². The lowest BCUT2D eigenvalue weighted by molar-refractivity contribution is 0.104. The maximum absolute atomic E-state index is 12.9. The van der Waals surface area contributed by atoms with Gasteiger partial charge in [0.05, 0.1) is 0 Å². The zero-order valence-electron chi connectivity index (χ0n) is 14.8. The normalized spacial score (nSPS) is 10.7. The number of nitrogens with two attached hydrogens (primary N) is 1. The third-order valence-electron chi connectivity index (χ3n) is 4.21. The second-order valence-electron chi connectivity index (χ2n) is 6.27. The highest BCUT2D eigenvalue weighted by atomic mass is 32.1. The molecule has 0 unspecified atom stereocenters. The molecule has 1 heterocycles. The summed E-state index contributed by atoms with van der Waals surface area (Å²) in [5.74, 6) is 0.190. The fourth-order valence-electron chi connectivity index (χ4n) is 2.77. The number of benzene rings is 2. The van der Waals surface area contributed by atoms with Gasteiger partial charge in [-0.1, -0.05) is 47.2 Å². The summed E-state index contributed by atoms with van der Waals surface area (Å²) in [6, 6.07) is 11.9. The molecule has 0 aliphatic carbocycles. The Kier molecular flexibility index (Phi) is 4.59. The van der Waals surface area contributed by atoms with Crippen molar-refractivity contribution in [2.75, 3.05) is 11.1 Å². The average Bonchev–Trinajstić information content (AvgIpc) is 2.93. The number of hydrogen-bond donors (Lipinski definition) is 2. The minimum absolute atomic E-state index is 0.0780.